The molecule has 0 aliphatic rings. The van der Waals surface area contributed by atoms with Crippen molar-refractivity contribution < 1.29 is 13.6 Å². The molecule has 0 spiro atoms. The molecule has 5 nitrogen and oxygen atoms in total. The van der Waals surface area contributed by atoms with Gasteiger partial charge in [0.15, 0.2) is 5.43 Å². The maximum absolute atomic E-state index is 12.1. The van der Waals surface area contributed by atoms with Crippen LogP contribution in [0.25, 0.3) is 21.9 Å². The van der Waals surface area contributed by atoms with Crippen molar-refractivity contribution in [2.45, 2.75) is 6.92 Å². The topological polar surface area (TPSA) is 69.7 Å². The number of hydrogen-bond acceptors (Lipinski definition) is 5. The van der Waals surface area contributed by atoms with E-state index in [4.69, 9.17) is 13.6 Å². The van der Waals surface area contributed by atoms with Gasteiger partial charge >= 0.3 is 5.63 Å². The van der Waals surface area contributed by atoms with Crippen LogP contribution >= 0.6 is 0 Å². The van der Waals surface area contributed by atoms with Gasteiger partial charge in [-0.3, -0.25) is 4.79 Å². The standard InChI is InChI=1S/C14H10O5/c1-7-5-9(15)13-11(18-7)6-10-8(14(13)17-2)3-4-12(16)19-10/h3-6H,1-2H3. The molecule has 0 radical (unpaired) electrons. The number of fused-ring (bicyclic) bond motifs is 2. The summed E-state index contributed by atoms with van der Waals surface area (Å²) in [7, 11) is 1.46. The second kappa shape index (κ2) is 3.98. The van der Waals surface area contributed by atoms with Crippen molar-refractivity contribution in [3.63, 3.8) is 0 Å². The zero-order chi connectivity index (χ0) is 13.6. The monoisotopic (exact) mass is 258 g/mol. The van der Waals surface area contributed by atoms with Gasteiger partial charge in [0.2, 0.25) is 0 Å². The Labute approximate surface area is 107 Å². The number of hydrogen-bond donors (Lipinski definition) is 0. The molecule has 0 unspecified atom stereocenters. The lowest BCUT2D eigenvalue weighted by atomic mass is 10.1. The van der Waals surface area contributed by atoms with Gasteiger partial charge in [-0.1, -0.05) is 0 Å². The lowest BCUT2D eigenvalue weighted by molar-refractivity contribution is 0.422. The Kier molecular flexibility index (Phi) is 2.41. The van der Waals surface area contributed by atoms with E-state index in [0.717, 1.165) is 0 Å². The van der Waals surface area contributed by atoms with Crippen LogP contribution in [0.1, 0.15) is 5.76 Å². The SMILES string of the molecule is COc1c2ccc(=O)oc2cc2oc(C)cc(=O)c12. The largest absolute Gasteiger partial charge is 0.495 e. The van der Waals surface area contributed by atoms with Crippen LogP contribution in [-0.2, 0) is 0 Å². The van der Waals surface area contributed by atoms with Crippen molar-refractivity contribution in [2.24, 2.45) is 0 Å². The highest BCUT2D eigenvalue weighted by Crippen LogP contribution is 2.32. The lowest BCUT2D eigenvalue weighted by Gasteiger charge is -2.08. The van der Waals surface area contributed by atoms with Gasteiger partial charge in [-0.25, -0.2) is 4.79 Å². The molecule has 2 heterocycles. The molecule has 0 aliphatic carbocycles. The average Bonchev–Trinajstić information content (AvgIpc) is 2.35. The number of methoxy groups -OCH3 is 1. The number of ether oxygens (including phenoxy) is 1. The van der Waals surface area contributed by atoms with E-state index in [1.54, 1.807) is 13.0 Å². The second-order valence-corrected chi connectivity index (χ2v) is 4.17. The van der Waals surface area contributed by atoms with Crippen LogP contribution in [-0.4, -0.2) is 7.11 Å². The molecule has 0 atom stereocenters. The van der Waals surface area contributed by atoms with E-state index in [1.807, 2.05) is 0 Å². The summed E-state index contributed by atoms with van der Waals surface area (Å²) in [5, 5.41) is 0.903. The molecule has 96 valence electrons. The minimum absolute atomic E-state index is 0.191. The van der Waals surface area contributed by atoms with E-state index in [1.165, 1.54) is 25.3 Å². The first kappa shape index (κ1) is 11.5. The van der Waals surface area contributed by atoms with Crippen molar-refractivity contribution in [3.05, 3.63) is 50.7 Å². The molecule has 5 heteroatoms. The van der Waals surface area contributed by atoms with E-state index in [2.05, 4.69) is 0 Å². The summed E-state index contributed by atoms with van der Waals surface area (Å²) in [6, 6.07) is 5.78. The van der Waals surface area contributed by atoms with Crippen LogP contribution in [0, 0.1) is 6.92 Å². The molecule has 3 rings (SSSR count). The number of benzene rings is 1. The zero-order valence-corrected chi connectivity index (χ0v) is 10.4. The average molecular weight is 258 g/mol. The van der Waals surface area contributed by atoms with E-state index < -0.39 is 5.63 Å². The number of aryl methyl sites for hydroxylation is 1. The Morgan fingerprint density at radius 1 is 1.05 bits per heavy atom. The molecule has 0 N–H and O–H groups in total. The van der Waals surface area contributed by atoms with Gasteiger partial charge in [0.1, 0.15) is 28.1 Å². The molecule has 2 aromatic heterocycles. The van der Waals surface area contributed by atoms with Crippen molar-refractivity contribution in [1.29, 1.82) is 0 Å². The molecular formula is C14H10O5. The smallest absolute Gasteiger partial charge is 0.336 e. The van der Waals surface area contributed by atoms with E-state index in [0.29, 0.717) is 33.4 Å². The Balaban J connectivity index is 2.64. The van der Waals surface area contributed by atoms with Crippen LogP contribution in [0.4, 0.5) is 0 Å². The second-order valence-electron chi connectivity index (χ2n) is 4.17. The van der Waals surface area contributed by atoms with Crippen LogP contribution < -0.4 is 15.8 Å². The van der Waals surface area contributed by atoms with Gasteiger partial charge in [0.25, 0.3) is 0 Å². The first-order valence-corrected chi connectivity index (χ1v) is 5.65. The lowest BCUT2D eigenvalue weighted by Crippen LogP contribution is -2.04. The number of rotatable bonds is 1. The Morgan fingerprint density at radius 3 is 2.58 bits per heavy atom. The van der Waals surface area contributed by atoms with Gasteiger partial charge in [-0.2, -0.15) is 0 Å². The fourth-order valence-electron chi connectivity index (χ4n) is 2.15. The zero-order valence-electron chi connectivity index (χ0n) is 10.4. The predicted molar refractivity (Wildman–Crippen MR) is 69.8 cm³/mol. The molecule has 3 aromatic rings. The Hall–Kier alpha value is -2.56. The molecule has 0 aliphatic heterocycles. The normalized spacial score (nSPS) is 11.1. The summed E-state index contributed by atoms with van der Waals surface area (Å²) in [4.78, 5) is 23.3. The van der Waals surface area contributed by atoms with E-state index in [-0.39, 0.29) is 5.43 Å². The molecule has 19 heavy (non-hydrogen) atoms. The fourth-order valence-corrected chi connectivity index (χ4v) is 2.15. The predicted octanol–water partition coefficient (Wildman–Crippen LogP) is 2.22. The first-order chi connectivity index (χ1) is 9.10. The first-order valence-electron chi connectivity index (χ1n) is 5.65. The summed E-state index contributed by atoms with van der Waals surface area (Å²) < 4.78 is 15.9. The van der Waals surface area contributed by atoms with Crippen molar-refractivity contribution in [1.82, 2.24) is 0 Å². The minimum Gasteiger partial charge on any atom is -0.495 e. The molecule has 1 aromatic carbocycles. The van der Waals surface area contributed by atoms with Crippen molar-refractivity contribution in [3.8, 4) is 5.75 Å². The third-order valence-electron chi connectivity index (χ3n) is 2.90. The minimum atomic E-state index is -0.469. The van der Waals surface area contributed by atoms with Gasteiger partial charge < -0.3 is 13.6 Å². The van der Waals surface area contributed by atoms with Crippen molar-refractivity contribution >= 4 is 21.9 Å². The van der Waals surface area contributed by atoms with Crippen LogP contribution in [0.5, 0.6) is 5.75 Å². The van der Waals surface area contributed by atoms with Gasteiger partial charge in [0.05, 0.1) is 12.5 Å². The summed E-state index contributed by atoms with van der Waals surface area (Å²) in [6.07, 6.45) is 0. The maximum Gasteiger partial charge on any atom is 0.336 e. The maximum atomic E-state index is 12.1. The summed E-state index contributed by atoms with van der Waals surface area (Å²) in [5.74, 6) is 0.835. The highest BCUT2D eigenvalue weighted by molar-refractivity contribution is 6.00. The third-order valence-corrected chi connectivity index (χ3v) is 2.90. The van der Waals surface area contributed by atoms with Gasteiger partial charge in [-0.05, 0) is 13.0 Å². The molecular weight excluding hydrogens is 248 g/mol. The summed E-state index contributed by atoms with van der Waals surface area (Å²) in [6.45, 7) is 1.68. The molecule has 0 amide bonds. The van der Waals surface area contributed by atoms with Gasteiger partial charge in [-0.15, -0.1) is 0 Å². The quantitative estimate of drug-likeness (QED) is 0.494. The molecule has 0 fully saturated rings. The fraction of sp³-hybridized carbons (Fsp3) is 0.143. The highest BCUT2D eigenvalue weighted by Gasteiger charge is 2.14. The Bertz CT molecular complexity index is 901. The van der Waals surface area contributed by atoms with E-state index in [9.17, 15) is 9.59 Å². The highest BCUT2D eigenvalue weighted by atomic mass is 16.5. The third kappa shape index (κ3) is 1.71. The summed E-state index contributed by atoms with van der Waals surface area (Å²) >= 11 is 0. The molecule has 0 bridgehead atoms. The van der Waals surface area contributed by atoms with Crippen molar-refractivity contribution in [2.75, 3.05) is 7.11 Å². The molecule has 0 saturated carbocycles. The Morgan fingerprint density at radius 2 is 1.84 bits per heavy atom. The summed E-state index contributed by atoms with van der Waals surface area (Å²) in [5.41, 5.74) is 0.00176. The van der Waals surface area contributed by atoms with Crippen LogP contribution in [0.15, 0.2) is 42.7 Å². The van der Waals surface area contributed by atoms with Gasteiger partial charge in [0, 0.05) is 18.2 Å². The van der Waals surface area contributed by atoms with E-state index >= 15 is 0 Å². The van der Waals surface area contributed by atoms with Crippen LogP contribution in [0.3, 0.4) is 0 Å². The van der Waals surface area contributed by atoms with Crippen LogP contribution in [0.2, 0.25) is 0 Å². The molecule has 0 saturated heterocycles.